The minimum absolute atomic E-state index is 0.00430. The van der Waals surface area contributed by atoms with E-state index >= 15 is 0 Å². The summed E-state index contributed by atoms with van der Waals surface area (Å²) in [6.07, 6.45) is 1.73. The topological polar surface area (TPSA) is 162 Å². The summed E-state index contributed by atoms with van der Waals surface area (Å²) in [5.41, 5.74) is 4.85. The van der Waals surface area contributed by atoms with Gasteiger partial charge < -0.3 is 39.8 Å². The molecule has 1 amide bonds. The van der Waals surface area contributed by atoms with E-state index in [1.54, 1.807) is 24.3 Å². The molecule has 3 aliphatic rings. The molecular formula is C45H46N8O5S. The first-order valence-corrected chi connectivity index (χ1v) is 20.7. The van der Waals surface area contributed by atoms with E-state index < -0.39 is 0 Å². The van der Waals surface area contributed by atoms with Gasteiger partial charge in [-0.3, -0.25) is 14.4 Å². The Hall–Kier alpha value is -6.28. The number of hydrogen-bond donors (Lipinski definition) is 4. The van der Waals surface area contributed by atoms with Crippen molar-refractivity contribution in [2.75, 3.05) is 62.2 Å². The number of phenols is 2. The number of carbonyl (C=O) groups is 1. The van der Waals surface area contributed by atoms with E-state index in [4.69, 9.17) is 12.2 Å². The van der Waals surface area contributed by atoms with Gasteiger partial charge >= 0.3 is 0 Å². The average molecular weight is 811 g/mol. The van der Waals surface area contributed by atoms with Gasteiger partial charge in [0.25, 0.3) is 11.1 Å². The minimum atomic E-state index is -0.301. The maximum absolute atomic E-state index is 13.4. The predicted molar refractivity (Wildman–Crippen MR) is 233 cm³/mol. The number of piperazine rings is 2. The minimum Gasteiger partial charge on any atom is -0.506 e. The predicted octanol–water partition coefficient (Wildman–Crippen LogP) is 5.26. The van der Waals surface area contributed by atoms with Crippen molar-refractivity contribution in [3.8, 4) is 11.5 Å². The van der Waals surface area contributed by atoms with Crippen LogP contribution < -0.4 is 20.9 Å². The highest BCUT2D eigenvalue weighted by Gasteiger charge is 2.48. The molecule has 1 aliphatic carbocycles. The lowest BCUT2D eigenvalue weighted by Crippen LogP contribution is -2.49. The number of benzene rings is 4. The van der Waals surface area contributed by atoms with Crippen LogP contribution in [-0.4, -0.2) is 103 Å². The molecule has 1 saturated carbocycles. The van der Waals surface area contributed by atoms with Gasteiger partial charge in [0.05, 0.1) is 15.8 Å². The summed E-state index contributed by atoms with van der Waals surface area (Å²) >= 11 is 5.78. The number of aryl methyl sites for hydroxylation is 1. The van der Waals surface area contributed by atoms with Crippen LogP contribution in [0.25, 0.3) is 21.8 Å². The van der Waals surface area contributed by atoms with E-state index in [1.165, 1.54) is 28.9 Å². The largest absolute Gasteiger partial charge is 0.506 e. The van der Waals surface area contributed by atoms with Gasteiger partial charge in [0.2, 0.25) is 5.91 Å². The summed E-state index contributed by atoms with van der Waals surface area (Å²) in [5, 5.41) is 21.1. The first kappa shape index (κ1) is 38.2. The Bertz CT molecular complexity index is 2670. The van der Waals surface area contributed by atoms with Gasteiger partial charge in [0, 0.05) is 94.3 Å². The number of thiocarbonyl (C=S) groups is 1. The number of nitrogens with one attached hydrogen (secondary N) is 2. The maximum Gasteiger partial charge on any atom is 0.258 e. The normalized spacial score (nSPS) is 18.7. The highest BCUT2D eigenvalue weighted by Crippen LogP contribution is 2.47. The first-order chi connectivity index (χ1) is 28.6. The smallest absolute Gasteiger partial charge is 0.258 e. The molecule has 4 aromatic carbocycles. The van der Waals surface area contributed by atoms with Crippen LogP contribution in [0.15, 0.2) is 94.5 Å². The van der Waals surface area contributed by atoms with E-state index in [0.717, 1.165) is 49.9 Å². The second-order valence-electron chi connectivity index (χ2n) is 15.8. The quantitative estimate of drug-likeness (QED) is 0.141. The fourth-order valence-electron chi connectivity index (χ4n) is 8.58. The zero-order valence-corrected chi connectivity index (χ0v) is 33.6. The van der Waals surface area contributed by atoms with Crippen molar-refractivity contribution >= 4 is 56.3 Å². The standard InChI is InChI=1S/C45H46N8O5S/c1-27(28-8-12-30(13-9-28)50-18-22-52(23-19-50)39(59)17-16-38-46-40-32(43(56)47-38)4-2-6-36(40)54)29-10-14-31(15-11-29)51-20-24-53(25-21-51)45(58)35-26-34(35)42-48-41-33(44(57)49-42)5-3-7-37(41)55/h2-15,27,34-35,54-55H,16-26H2,1H3,(H,46,47,56)(H,48,49,57). The molecule has 2 aromatic heterocycles. The second kappa shape index (κ2) is 15.8. The van der Waals surface area contributed by atoms with E-state index in [9.17, 15) is 24.6 Å². The summed E-state index contributed by atoms with van der Waals surface area (Å²) < 4.78 is 0. The molecule has 6 aromatic rings. The zero-order valence-electron chi connectivity index (χ0n) is 32.8. The molecule has 0 spiro atoms. The summed E-state index contributed by atoms with van der Waals surface area (Å²) in [4.78, 5) is 62.9. The Labute approximate surface area is 346 Å². The lowest BCUT2D eigenvalue weighted by molar-refractivity contribution is -0.133. The van der Waals surface area contributed by atoms with Crippen molar-refractivity contribution in [1.29, 1.82) is 0 Å². The third-order valence-corrected chi connectivity index (χ3v) is 12.7. The Morgan fingerprint density at radius 2 is 1.22 bits per heavy atom. The zero-order chi connectivity index (χ0) is 40.8. The van der Waals surface area contributed by atoms with Crippen LogP contribution in [0.1, 0.15) is 54.4 Å². The third kappa shape index (κ3) is 7.72. The molecule has 9 rings (SSSR count). The molecule has 4 N–H and O–H groups in total. The monoisotopic (exact) mass is 810 g/mol. The lowest BCUT2D eigenvalue weighted by atomic mass is 9.92. The average Bonchev–Trinajstić information content (AvgIpc) is 4.07. The Kier molecular flexibility index (Phi) is 10.3. The number of carbonyl (C=O) groups excluding carboxylic acids is 1. The van der Waals surface area contributed by atoms with Crippen LogP contribution in [0.3, 0.4) is 0 Å². The molecule has 59 heavy (non-hydrogen) atoms. The van der Waals surface area contributed by atoms with Crippen molar-refractivity contribution in [2.24, 2.45) is 5.92 Å². The molecule has 14 heteroatoms. The van der Waals surface area contributed by atoms with Gasteiger partial charge in [-0.15, -0.1) is 0 Å². The third-order valence-electron chi connectivity index (χ3n) is 12.3. The van der Waals surface area contributed by atoms with Gasteiger partial charge in [-0.05, 0) is 66.1 Å². The number of aromatic nitrogens is 4. The number of hydrogen-bond acceptors (Lipinski definition) is 10. The Morgan fingerprint density at radius 1 is 0.712 bits per heavy atom. The number of rotatable bonds is 9. The van der Waals surface area contributed by atoms with Gasteiger partial charge in [0.1, 0.15) is 34.2 Å². The molecule has 302 valence electrons. The molecule has 4 heterocycles. The fourth-order valence-corrected chi connectivity index (χ4v) is 8.86. The van der Waals surface area contributed by atoms with Crippen molar-refractivity contribution in [2.45, 2.75) is 38.0 Å². The van der Waals surface area contributed by atoms with Gasteiger partial charge in [-0.25, -0.2) is 9.97 Å². The molecule has 3 fully saturated rings. The van der Waals surface area contributed by atoms with Gasteiger partial charge in [-0.2, -0.15) is 0 Å². The summed E-state index contributed by atoms with van der Waals surface area (Å²) in [6.45, 7) is 8.34. The number of para-hydroxylation sites is 2. The lowest BCUT2D eigenvalue weighted by Gasteiger charge is -2.37. The van der Waals surface area contributed by atoms with Crippen molar-refractivity contribution in [3.63, 3.8) is 0 Å². The van der Waals surface area contributed by atoms with Crippen molar-refractivity contribution in [1.82, 2.24) is 29.7 Å². The number of nitrogens with zero attached hydrogens (tertiary/aromatic N) is 6. The molecular weight excluding hydrogens is 765 g/mol. The first-order valence-electron chi connectivity index (χ1n) is 20.3. The number of amides is 1. The van der Waals surface area contributed by atoms with E-state index in [0.29, 0.717) is 60.3 Å². The Balaban J connectivity index is 0.735. The van der Waals surface area contributed by atoms with Gasteiger partial charge in [0.15, 0.2) is 0 Å². The number of aromatic amines is 2. The van der Waals surface area contributed by atoms with Crippen LogP contribution in [0.2, 0.25) is 0 Å². The number of fused-ring (bicyclic) bond motifs is 2. The number of H-pyrrole nitrogens is 2. The molecule has 0 radical (unpaired) electrons. The molecule has 0 bridgehead atoms. The highest BCUT2D eigenvalue weighted by atomic mass is 32.1. The van der Waals surface area contributed by atoms with Gasteiger partial charge in [-0.1, -0.05) is 55.5 Å². The molecule has 13 nitrogen and oxygen atoms in total. The molecule has 3 unspecified atom stereocenters. The number of anilines is 2. The van der Waals surface area contributed by atoms with Crippen LogP contribution in [0.4, 0.5) is 11.4 Å². The van der Waals surface area contributed by atoms with Crippen LogP contribution in [0.5, 0.6) is 11.5 Å². The van der Waals surface area contributed by atoms with Crippen LogP contribution in [0, 0.1) is 5.92 Å². The van der Waals surface area contributed by atoms with Crippen molar-refractivity contribution < 1.29 is 15.0 Å². The van der Waals surface area contributed by atoms with Crippen molar-refractivity contribution in [3.05, 3.63) is 128 Å². The Morgan fingerprint density at radius 3 is 1.78 bits per heavy atom. The molecule has 2 aliphatic heterocycles. The van der Waals surface area contributed by atoms with E-state index in [1.807, 2.05) is 4.90 Å². The number of aromatic hydroxyl groups is 2. The maximum atomic E-state index is 13.4. The van der Waals surface area contributed by atoms with E-state index in [-0.39, 0.29) is 51.8 Å². The molecule has 3 atom stereocenters. The fraction of sp³-hybridized carbons (Fsp3) is 0.333. The highest BCUT2D eigenvalue weighted by molar-refractivity contribution is 7.80. The summed E-state index contributed by atoms with van der Waals surface area (Å²) in [6, 6.07) is 27.2. The second-order valence-corrected chi connectivity index (χ2v) is 16.3. The SMILES string of the molecule is CC(c1ccc(N2CCN(C(=O)C3CC3c3nc4c(O)cccc4c(=O)[nH]3)CC2)cc1)c1ccc(N2CCN(C(=S)CCc3nc4c(O)cccc4c(=O)[nH]3)CC2)cc1. The summed E-state index contributed by atoms with van der Waals surface area (Å²) in [5.74, 6) is 0.916. The van der Waals surface area contributed by atoms with E-state index in [2.05, 4.69) is 90.1 Å². The number of phenolic OH excluding ortho intramolecular Hbond substituents is 2. The molecule has 2 saturated heterocycles. The summed E-state index contributed by atoms with van der Waals surface area (Å²) in [7, 11) is 0. The van der Waals surface area contributed by atoms with Crippen LogP contribution in [-0.2, 0) is 11.2 Å². The van der Waals surface area contributed by atoms with Crippen LogP contribution >= 0.6 is 12.2 Å².